The molecule has 0 aromatic carbocycles. The highest BCUT2D eigenvalue weighted by Crippen LogP contribution is 2.34. The predicted molar refractivity (Wildman–Crippen MR) is 63.4 cm³/mol. The van der Waals surface area contributed by atoms with Gasteiger partial charge in [-0.3, -0.25) is 10.1 Å². The second kappa shape index (κ2) is 4.10. The van der Waals surface area contributed by atoms with Gasteiger partial charge in [-0.05, 0) is 22.6 Å². The Balaban J connectivity index is 2.55. The number of tetrazole rings is 1. The first-order valence-electron chi connectivity index (χ1n) is 5.22. The molecule has 3 heterocycles. The van der Waals surface area contributed by atoms with Crippen molar-refractivity contribution in [3.05, 3.63) is 28.4 Å². The van der Waals surface area contributed by atoms with Gasteiger partial charge in [0.05, 0.1) is 4.92 Å². The molecule has 3 aromatic rings. The second-order valence-electron chi connectivity index (χ2n) is 3.60. The van der Waals surface area contributed by atoms with Crippen LogP contribution in [0.5, 0.6) is 0 Å². The summed E-state index contributed by atoms with van der Waals surface area (Å²) in [5.41, 5.74) is 0.161. The van der Waals surface area contributed by atoms with E-state index in [2.05, 4.69) is 25.8 Å². The van der Waals surface area contributed by atoms with Crippen molar-refractivity contribution in [2.75, 3.05) is 12.0 Å². The molecular formula is C9H7N7O3. The van der Waals surface area contributed by atoms with Crippen LogP contribution in [0, 0.1) is 10.1 Å². The van der Waals surface area contributed by atoms with Gasteiger partial charge in [0.15, 0.2) is 5.65 Å². The Labute approximate surface area is 104 Å². The molecule has 0 saturated heterocycles. The topological polar surface area (TPSA) is 131 Å². The summed E-state index contributed by atoms with van der Waals surface area (Å²) in [5.74, 6) is 0. The van der Waals surface area contributed by atoms with Crippen LogP contribution in [0.4, 0.5) is 11.4 Å². The zero-order valence-corrected chi connectivity index (χ0v) is 9.39. The largest absolute Gasteiger partial charge is 0.377 e. The van der Waals surface area contributed by atoms with E-state index in [-0.39, 0.29) is 17.0 Å². The number of fused-ring (bicyclic) bond motifs is 3. The van der Waals surface area contributed by atoms with Crippen molar-refractivity contribution in [2.24, 2.45) is 0 Å². The highest BCUT2D eigenvalue weighted by atomic mass is 16.6. The van der Waals surface area contributed by atoms with Crippen LogP contribution in [0.2, 0.25) is 0 Å². The average Bonchev–Trinajstić information content (AvgIpc) is 2.88. The maximum atomic E-state index is 11.2. The summed E-state index contributed by atoms with van der Waals surface area (Å²) in [7, 11) is 0. The number of aromatic nitrogens is 5. The minimum atomic E-state index is -0.601. The molecule has 0 fully saturated rings. The van der Waals surface area contributed by atoms with Gasteiger partial charge >= 0.3 is 5.69 Å². The lowest BCUT2D eigenvalue weighted by atomic mass is 10.2. The van der Waals surface area contributed by atoms with Crippen molar-refractivity contribution in [1.29, 1.82) is 0 Å². The van der Waals surface area contributed by atoms with Crippen molar-refractivity contribution in [2.45, 2.75) is 0 Å². The maximum absolute atomic E-state index is 11.2. The van der Waals surface area contributed by atoms with Crippen LogP contribution >= 0.6 is 0 Å². The lowest BCUT2D eigenvalue weighted by molar-refractivity contribution is -0.382. The number of hydrogen-bond donors (Lipinski definition) is 2. The third-order valence-electron chi connectivity index (χ3n) is 2.61. The number of pyridine rings is 2. The van der Waals surface area contributed by atoms with Crippen molar-refractivity contribution >= 4 is 28.1 Å². The fourth-order valence-corrected chi connectivity index (χ4v) is 1.91. The fraction of sp³-hybridized carbons (Fsp3) is 0.111. The van der Waals surface area contributed by atoms with Gasteiger partial charge in [-0.1, -0.05) is 0 Å². The third-order valence-corrected chi connectivity index (χ3v) is 2.61. The number of aliphatic hydroxyl groups excluding tert-OH is 1. The van der Waals surface area contributed by atoms with E-state index in [1.807, 2.05) is 0 Å². The smallest absolute Gasteiger partial charge is 0.339 e. The van der Waals surface area contributed by atoms with Gasteiger partial charge in [0.1, 0.15) is 12.4 Å². The van der Waals surface area contributed by atoms with Gasteiger partial charge in [0.2, 0.25) is 0 Å². The van der Waals surface area contributed by atoms with E-state index in [0.29, 0.717) is 11.0 Å². The molecule has 19 heavy (non-hydrogen) atoms. The third kappa shape index (κ3) is 1.54. The predicted octanol–water partition coefficient (Wildman–Crippen LogP) is -0.0576. The van der Waals surface area contributed by atoms with E-state index in [4.69, 9.17) is 5.11 Å². The van der Waals surface area contributed by atoms with Crippen LogP contribution in [-0.4, -0.2) is 41.8 Å². The van der Waals surface area contributed by atoms with Gasteiger partial charge in [-0.25, -0.2) is 4.98 Å². The molecule has 2 N–H and O–H groups in total. The summed E-state index contributed by atoms with van der Waals surface area (Å²) in [6.07, 6.45) is 1.53. The van der Waals surface area contributed by atoms with Crippen LogP contribution in [0.25, 0.3) is 16.7 Å². The first-order chi connectivity index (χ1) is 9.24. The molecule has 0 radical (unpaired) electrons. The number of aliphatic hydroxyl groups is 1. The molecule has 0 bridgehead atoms. The molecule has 0 saturated carbocycles. The summed E-state index contributed by atoms with van der Waals surface area (Å²) in [4.78, 5) is 14.7. The second-order valence-corrected chi connectivity index (χ2v) is 3.60. The van der Waals surface area contributed by atoms with E-state index in [1.54, 1.807) is 12.1 Å². The molecule has 10 nitrogen and oxygen atoms in total. The van der Waals surface area contributed by atoms with Gasteiger partial charge in [-0.2, -0.15) is 4.52 Å². The minimum Gasteiger partial charge on any atom is -0.377 e. The zero-order valence-electron chi connectivity index (χ0n) is 9.39. The lowest BCUT2D eigenvalue weighted by Crippen LogP contribution is -2.07. The quantitative estimate of drug-likeness (QED) is 0.381. The summed E-state index contributed by atoms with van der Waals surface area (Å²) >= 11 is 0. The first-order valence-corrected chi connectivity index (χ1v) is 5.22. The van der Waals surface area contributed by atoms with Gasteiger partial charge in [0.25, 0.3) is 5.65 Å². The van der Waals surface area contributed by atoms with Crippen molar-refractivity contribution in [3.63, 3.8) is 0 Å². The molecule has 0 unspecified atom stereocenters. The standard InChI is InChI=1S/C9H7N7O3/c17-4-11-6-5-2-1-3-10-8(5)15-9(12-13-14-15)7(6)16(18)19/h1-3,11,17H,4H2. The summed E-state index contributed by atoms with van der Waals surface area (Å²) < 4.78 is 1.19. The summed E-state index contributed by atoms with van der Waals surface area (Å²) in [6, 6.07) is 3.26. The molecule has 0 aliphatic carbocycles. The van der Waals surface area contributed by atoms with Crippen LogP contribution in [-0.2, 0) is 0 Å². The van der Waals surface area contributed by atoms with Crippen molar-refractivity contribution < 1.29 is 10.0 Å². The van der Waals surface area contributed by atoms with E-state index in [0.717, 1.165) is 0 Å². The summed E-state index contributed by atoms with van der Waals surface area (Å²) in [5, 5.41) is 33.9. The van der Waals surface area contributed by atoms with Crippen molar-refractivity contribution in [3.8, 4) is 0 Å². The number of rotatable bonds is 3. The van der Waals surface area contributed by atoms with Crippen molar-refractivity contribution in [1.82, 2.24) is 25.0 Å². The highest BCUT2D eigenvalue weighted by Gasteiger charge is 2.26. The number of hydrogen-bond acceptors (Lipinski definition) is 8. The Kier molecular flexibility index (Phi) is 2.42. The first kappa shape index (κ1) is 11.2. The number of anilines is 1. The van der Waals surface area contributed by atoms with E-state index >= 15 is 0 Å². The number of nitrogens with one attached hydrogen (secondary N) is 1. The Morgan fingerprint density at radius 3 is 3.05 bits per heavy atom. The SMILES string of the molecule is O=[N+]([O-])c1c(NCO)c2cccnc2n2nnnc12. The molecule has 0 spiro atoms. The minimum absolute atomic E-state index is 0.0350. The molecule has 0 aliphatic rings. The Hall–Kier alpha value is -2.88. The van der Waals surface area contributed by atoms with Crippen LogP contribution in [0.15, 0.2) is 18.3 Å². The average molecular weight is 261 g/mol. The Morgan fingerprint density at radius 1 is 1.47 bits per heavy atom. The zero-order chi connectivity index (χ0) is 13.4. The lowest BCUT2D eigenvalue weighted by Gasteiger charge is -2.08. The Morgan fingerprint density at radius 2 is 2.32 bits per heavy atom. The number of nitro groups is 1. The van der Waals surface area contributed by atoms with Gasteiger partial charge < -0.3 is 10.4 Å². The molecule has 0 amide bonds. The van der Waals surface area contributed by atoms with Crippen LogP contribution in [0.1, 0.15) is 0 Å². The molecule has 10 heteroatoms. The van der Waals surface area contributed by atoms with E-state index < -0.39 is 11.7 Å². The molecule has 96 valence electrons. The molecule has 0 aliphatic heterocycles. The number of nitrogens with zero attached hydrogens (tertiary/aromatic N) is 6. The fourth-order valence-electron chi connectivity index (χ4n) is 1.91. The maximum Gasteiger partial charge on any atom is 0.339 e. The molecule has 0 atom stereocenters. The summed E-state index contributed by atoms with van der Waals surface area (Å²) in [6.45, 7) is -0.456. The Bertz CT molecular complexity index is 784. The van der Waals surface area contributed by atoms with E-state index in [1.165, 1.54) is 10.7 Å². The monoisotopic (exact) mass is 261 g/mol. The molecule has 3 rings (SSSR count). The van der Waals surface area contributed by atoms with E-state index in [9.17, 15) is 10.1 Å². The van der Waals surface area contributed by atoms with Gasteiger partial charge in [-0.15, -0.1) is 5.10 Å². The molecular weight excluding hydrogens is 254 g/mol. The highest BCUT2D eigenvalue weighted by molar-refractivity contribution is 5.98. The normalized spacial score (nSPS) is 11.0. The molecule has 3 aromatic heterocycles. The van der Waals surface area contributed by atoms with Crippen LogP contribution in [0.3, 0.4) is 0 Å². The van der Waals surface area contributed by atoms with Gasteiger partial charge in [0, 0.05) is 11.6 Å². The van der Waals surface area contributed by atoms with Crippen LogP contribution < -0.4 is 5.32 Å².